The van der Waals surface area contributed by atoms with E-state index in [1.807, 2.05) is 60.7 Å². The van der Waals surface area contributed by atoms with Crippen LogP contribution in [0.1, 0.15) is 12.5 Å². The van der Waals surface area contributed by atoms with E-state index in [1.165, 1.54) is 30.0 Å². The van der Waals surface area contributed by atoms with Crippen LogP contribution in [-0.4, -0.2) is 15.5 Å². The largest absolute Gasteiger partial charge is 0.326 e. The Morgan fingerprint density at radius 2 is 1.93 bits per heavy atom. The van der Waals surface area contributed by atoms with Crippen LogP contribution in [-0.2, 0) is 17.6 Å². The Hall–Kier alpha value is -2.90. The monoisotopic (exact) mass is 421 g/mol. The van der Waals surface area contributed by atoms with Crippen LogP contribution in [0.15, 0.2) is 70.6 Å². The van der Waals surface area contributed by atoms with Gasteiger partial charge in [0.2, 0.25) is 5.91 Å². The van der Waals surface area contributed by atoms with E-state index in [9.17, 15) is 9.59 Å². The van der Waals surface area contributed by atoms with Crippen LogP contribution in [0.3, 0.4) is 0 Å². The Morgan fingerprint density at radius 3 is 2.69 bits per heavy atom. The second kappa shape index (κ2) is 8.23. The van der Waals surface area contributed by atoms with Crippen molar-refractivity contribution in [2.75, 3.05) is 5.32 Å². The third kappa shape index (κ3) is 4.26. The van der Waals surface area contributed by atoms with E-state index < -0.39 is 0 Å². The number of nitrogens with one attached hydrogen (secondary N) is 1. The molecule has 2 heterocycles. The van der Waals surface area contributed by atoms with Crippen molar-refractivity contribution in [2.24, 2.45) is 7.05 Å². The van der Waals surface area contributed by atoms with Crippen molar-refractivity contribution in [1.82, 2.24) is 9.55 Å². The van der Waals surface area contributed by atoms with Crippen LogP contribution in [0.25, 0.3) is 20.7 Å². The zero-order chi connectivity index (χ0) is 20.4. The lowest BCUT2D eigenvalue weighted by molar-refractivity contribution is -0.114. The number of hydrogen-bond acceptors (Lipinski definition) is 5. The minimum atomic E-state index is -0.101. The number of carbonyl (C=O) groups is 1. The Bertz CT molecular complexity index is 1250. The molecule has 4 rings (SSSR count). The van der Waals surface area contributed by atoms with Gasteiger partial charge in [-0.15, -0.1) is 11.3 Å². The summed E-state index contributed by atoms with van der Waals surface area (Å²) in [6.07, 6.45) is 0. The van der Waals surface area contributed by atoms with E-state index in [1.54, 1.807) is 11.6 Å². The predicted octanol–water partition coefficient (Wildman–Crippen LogP) is 4.91. The lowest BCUT2D eigenvalue weighted by Gasteiger charge is -2.08. The number of carbonyl (C=O) groups excluding carboxylic acids is 1. The molecule has 146 valence electrons. The van der Waals surface area contributed by atoms with Crippen molar-refractivity contribution in [3.05, 3.63) is 76.6 Å². The normalized spacial score (nSPS) is 11.0. The number of hydrogen-bond donors (Lipinski definition) is 1. The summed E-state index contributed by atoms with van der Waals surface area (Å²) < 4.78 is 1.60. The molecular weight excluding hydrogens is 402 g/mol. The van der Waals surface area contributed by atoms with E-state index >= 15 is 0 Å². The molecule has 0 atom stereocenters. The highest BCUT2D eigenvalue weighted by molar-refractivity contribution is 7.98. The minimum absolute atomic E-state index is 0.0390. The van der Waals surface area contributed by atoms with Crippen molar-refractivity contribution in [1.29, 1.82) is 0 Å². The third-order valence-electron chi connectivity index (χ3n) is 4.41. The highest BCUT2D eigenvalue weighted by atomic mass is 32.2. The van der Waals surface area contributed by atoms with Gasteiger partial charge in [-0.3, -0.25) is 14.2 Å². The predicted molar refractivity (Wildman–Crippen MR) is 121 cm³/mol. The van der Waals surface area contributed by atoms with Crippen LogP contribution in [0, 0.1) is 0 Å². The fourth-order valence-electron chi connectivity index (χ4n) is 3.01. The Morgan fingerprint density at radius 1 is 1.14 bits per heavy atom. The fourth-order valence-corrected chi connectivity index (χ4v) is 5.00. The van der Waals surface area contributed by atoms with Crippen molar-refractivity contribution >= 4 is 44.9 Å². The van der Waals surface area contributed by atoms with Gasteiger partial charge in [0.25, 0.3) is 5.56 Å². The van der Waals surface area contributed by atoms with Gasteiger partial charge < -0.3 is 5.32 Å². The molecule has 2 aromatic heterocycles. The van der Waals surface area contributed by atoms with Crippen LogP contribution in [0.4, 0.5) is 5.69 Å². The van der Waals surface area contributed by atoms with E-state index in [2.05, 4.69) is 5.32 Å². The molecule has 0 saturated carbocycles. The van der Waals surface area contributed by atoms with Gasteiger partial charge in [-0.05, 0) is 29.3 Å². The summed E-state index contributed by atoms with van der Waals surface area (Å²) in [5, 5.41) is 4.11. The number of amides is 1. The first-order chi connectivity index (χ1) is 14.0. The summed E-state index contributed by atoms with van der Waals surface area (Å²) in [5.41, 5.74) is 2.86. The molecule has 0 spiro atoms. The van der Waals surface area contributed by atoms with Crippen molar-refractivity contribution in [3.8, 4) is 10.4 Å². The molecule has 1 amide bonds. The standard InChI is InChI=1S/C22H19N3O2S2/c1-14(26)23-17-10-6-7-15(11-17)13-28-22-24-20-18(21(27)25(22)2)12-19(29-20)16-8-4-3-5-9-16/h3-12H,13H2,1-2H3,(H,23,26). The fraction of sp³-hybridized carbons (Fsp3) is 0.136. The molecule has 0 aliphatic rings. The third-order valence-corrected chi connectivity index (χ3v) is 6.58. The summed E-state index contributed by atoms with van der Waals surface area (Å²) in [6, 6.07) is 19.6. The maximum absolute atomic E-state index is 12.8. The maximum atomic E-state index is 12.8. The summed E-state index contributed by atoms with van der Waals surface area (Å²) in [7, 11) is 1.75. The Labute approximate surface area is 176 Å². The number of benzene rings is 2. The van der Waals surface area contributed by atoms with Gasteiger partial charge in [0.1, 0.15) is 4.83 Å². The molecule has 7 heteroatoms. The summed E-state index contributed by atoms with van der Waals surface area (Å²) in [4.78, 5) is 30.6. The first-order valence-corrected chi connectivity index (χ1v) is 10.9. The van der Waals surface area contributed by atoms with E-state index in [0.29, 0.717) is 16.3 Å². The average molecular weight is 422 g/mol. The highest BCUT2D eigenvalue weighted by Gasteiger charge is 2.13. The molecule has 0 saturated heterocycles. The molecule has 5 nitrogen and oxygen atoms in total. The van der Waals surface area contributed by atoms with Gasteiger partial charge >= 0.3 is 0 Å². The molecule has 1 N–H and O–H groups in total. The highest BCUT2D eigenvalue weighted by Crippen LogP contribution is 2.32. The van der Waals surface area contributed by atoms with E-state index in [0.717, 1.165) is 26.5 Å². The molecular formula is C22H19N3O2S2. The van der Waals surface area contributed by atoms with Crippen LogP contribution < -0.4 is 10.9 Å². The quantitative estimate of drug-likeness (QED) is 0.367. The van der Waals surface area contributed by atoms with Gasteiger partial charge in [-0.1, -0.05) is 54.2 Å². The molecule has 0 bridgehead atoms. The summed E-state index contributed by atoms with van der Waals surface area (Å²) in [6.45, 7) is 1.49. The zero-order valence-corrected chi connectivity index (χ0v) is 17.6. The van der Waals surface area contributed by atoms with Crippen molar-refractivity contribution in [3.63, 3.8) is 0 Å². The van der Waals surface area contributed by atoms with Gasteiger partial charge in [0.15, 0.2) is 5.16 Å². The Balaban J connectivity index is 1.62. The number of thiophene rings is 1. The molecule has 29 heavy (non-hydrogen) atoms. The zero-order valence-electron chi connectivity index (χ0n) is 16.0. The second-order valence-electron chi connectivity index (χ2n) is 6.62. The lowest BCUT2D eigenvalue weighted by Crippen LogP contribution is -2.19. The molecule has 0 fully saturated rings. The van der Waals surface area contributed by atoms with Gasteiger partial charge in [0, 0.05) is 30.3 Å². The molecule has 0 unspecified atom stereocenters. The van der Waals surface area contributed by atoms with E-state index in [4.69, 9.17) is 4.98 Å². The first kappa shape index (κ1) is 19.4. The number of nitrogens with zero attached hydrogens (tertiary/aromatic N) is 2. The molecule has 2 aromatic carbocycles. The minimum Gasteiger partial charge on any atom is -0.326 e. The maximum Gasteiger partial charge on any atom is 0.262 e. The number of fused-ring (bicyclic) bond motifs is 1. The van der Waals surface area contributed by atoms with Crippen molar-refractivity contribution < 1.29 is 4.79 Å². The number of aromatic nitrogens is 2. The van der Waals surface area contributed by atoms with Crippen LogP contribution >= 0.6 is 23.1 Å². The molecule has 4 aromatic rings. The Kier molecular flexibility index (Phi) is 5.51. The van der Waals surface area contributed by atoms with Crippen molar-refractivity contribution in [2.45, 2.75) is 17.8 Å². The van der Waals surface area contributed by atoms with E-state index in [-0.39, 0.29) is 11.5 Å². The van der Waals surface area contributed by atoms with Crippen LogP contribution in [0.2, 0.25) is 0 Å². The van der Waals surface area contributed by atoms with Crippen LogP contribution in [0.5, 0.6) is 0 Å². The number of anilines is 1. The number of rotatable bonds is 5. The van der Waals surface area contributed by atoms with Gasteiger partial charge in [-0.25, -0.2) is 4.98 Å². The topological polar surface area (TPSA) is 64.0 Å². The average Bonchev–Trinajstić information content (AvgIpc) is 3.14. The summed E-state index contributed by atoms with van der Waals surface area (Å²) in [5.74, 6) is 0.548. The SMILES string of the molecule is CC(=O)Nc1cccc(CSc2nc3sc(-c4ccccc4)cc3c(=O)n2C)c1. The molecule has 0 aliphatic carbocycles. The first-order valence-electron chi connectivity index (χ1n) is 9.06. The van der Waals surface area contributed by atoms with Gasteiger partial charge in [0.05, 0.1) is 5.39 Å². The van der Waals surface area contributed by atoms with Gasteiger partial charge in [-0.2, -0.15) is 0 Å². The summed E-state index contributed by atoms with van der Waals surface area (Å²) >= 11 is 3.04. The lowest BCUT2D eigenvalue weighted by atomic mass is 10.2. The second-order valence-corrected chi connectivity index (χ2v) is 8.60. The molecule has 0 aliphatic heterocycles. The molecule has 0 radical (unpaired) electrons. The number of thioether (sulfide) groups is 1. The smallest absolute Gasteiger partial charge is 0.262 e.